The highest BCUT2D eigenvalue weighted by Gasteiger charge is 2.28. The lowest BCUT2D eigenvalue weighted by Gasteiger charge is -2.05. The number of rotatable bonds is 2. The highest BCUT2D eigenvalue weighted by atomic mass is 16.2. The maximum Gasteiger partial charge on any atom is 0.259 e. The number of benzene rings is 1. The van der Waals surface area contributed by atoms with Crippen LogP contribution in [0.5, 0.6) is 0 Å². The van der Waals surface area contributed by atoms with E-state index in [1.165, 1.54) is 0 Å². The van der Waals surface area contributed by atoms with Gasteiger partial charge in [0.05, 0.1) is 11.1 Å². The number of hydrogen-bond donors (Lipinski definition) is 1. The van der Waals surface area contributed by atoms with Crippen molar-refractivity contribution < 1.29 is 9.59 Å². The van der Waals surface area contributed by atoms with Crippen LogP contribution in [0, 0.1) is 0 Å². The van der Waals surface area contributed by atoms with Crippen molar-refractivity contribution in [1.82, 2.24) is 10.3 Å². The summed E-state index contributed by atoms with van der Waals surface area (Å²) in [5, 5.41) is 2.31. The number of pyridine rings is 1. The van der Waals surface area contributed by atoms with E-state index in [0.29, 0.717) is 17.5 Å². The van der Waals surface area contributed by atoms with Crippen LogP contribution in [0.3, 0.4) is 0 Å². The first-order valence-corrected chi connectivity index (χ1v) is 5.62. The van der Waals surface area contributed by atoms with Crippen LogP contribution in [0.15, 0.2) is 42.7 Å². The zero-order chi connectivity index (χ0) is 12.5. The standard InChI is InChI=1S/C14H10N2O2/c17-13-11-5-1-4-10(12(11)14(18)16-13)7-9-3-2-6-15-8-9/h1-6,8H,7H2,(H,16,17,18). The molecule has 18 heavy (non-hydrogen) atoms. The molecule has 1 aliphatic rings. The van der Waals surface area contributed by atoms with Gasteiger partial charge in [-0.05, 0) is 29.7 Å². The van der Waals surface area contributed by atoms with Crippen molar-refractivity contribution in [3.63, 3.8) is 0 Å². The van der Waals surface area contributed by atoms with E-state index in [4.69, 9.17) is 0 Å². The van der Waals surface area contributed by atoms with Gasteiger partial charge in [0.15, 0.2) is 0 Å². The maximum atomic E-state index is 11.7. The molecule has 0 atom stereocenters. The van der Waals surface area contributed by atoms with Gasteiger partial charge in [-0.2, -0.15) is 0 Å². The number of carbonyl (C=O) groups excluding carboxylic acids is 2. The first-order valence-electron chi connectivity index (χ1n) is 5.62. The summed E-state index contributed by atoms with van der Waals surface area (Å²) < 4.78 is 0. The van der Waals surface area contributed by atoms with Gasteiger partial charge in [-0.15, -0.1) is 0 Å². The molecule has 4 heteroatoms. The van der Waals surface area contributed by atoms with Crippen molar-refractivity contribution in [2.45, 2.75) is 6.42 Å². The molecular formula is C14H10N2O2. The fraction of sp³-hybridized carbons (Fsp3) is 0.0714. The molecule has 1 aromatic heterocycles. The first-order chi connectivity index (χ1) is 8.75. The first kappa shape index (κ1) is 10.7. The second-order valence-electron chi connectivity index (χ2n) is 4.16. The molecule has 88 valence electrons. The monoisotopic (exact) mass is 238 g/mol. The Morgan fingerprint density at radius 2 is 1.94 bits per heavy atom. The minimum atomic E-state index is -0.317. The summed E-state index contributed by atoms with van der Waals surface area (Å²) in [4.78, 5) is 27.3. The van der Waals surface area contributed by atoms with Gasteiger partial charge in [-0.25, -0.2) is 0 Å². The maximum absolute atomic E-state index is 11.7. The Morgan fingerprint density at radius 3 is 2.72 bits per heavy atom. The van der Waals surface area contributed by atoms with Crippen LogP contribution in [0.25, 0.3) is 0 Å². The molecule has 3 rings (SSSR count). The molecule has 0 unspecified atom stereocenters. The van der Waals surface area contributed by atoms with Crippen LogP contribution in [0.2, 0.25) is 0 Å². The van der Waals surface area contributed by atoms with E-state index in [1.54, 1.807) is 24.5 Å². The summed E-state index contributed by atoms with van der Waals surface area (Å²) in [6, 6.07) is 9.12. The van der Waals surface area contributed by atoms with E-state index < -0.39 is 0 Å². The van der Waals surface area contributed by atoms with Crippen LogP contribution < -0.4 is 5.32 Å². The topological polar surface area (TPSA) is 59.1 Å². The van der Waals surface area contributed by atoms with E-state index in [-0.39, 0.29) is 11.8 Å². The minimum Gasteiger partial charge on any atom is -0.288 e. The summed E-state index contributed by atoms with van der Waals surface area (Å²) in [7, 11) is 0. The summed E-state index contributed by atoms with van der Waals surface area (Å²) in [6.45, 7) is 0. The zero-order valence-electron chi connectivity index (χ0n) is 9.51. The average Bonchev–Trinajstić information content (AvgIpc) is 2.67. The van der Waals surface area contributed by atoms with Gasteiger partial charge in [-0.3, -0.25) is 19.9 Å². The van der Waals surface area contributed by atoms with Crippen LogP contribution in [-0.2, 0) is 6.42 Å². The van der Waals surface area contributed by atoms with Crippen molar-refractivity contribution in [3.8, 4) is 0 Å². The molecule has 1 N–H and O–H groups in total. The Balaban J connectivity index is 2.05. The van der Waals surface area contributed by atoms with Crippen LogP contribution in [-0.4, -0.2) is 16.8 Å². The van der Waals surface area contributed by atoms with E-state index in [1.807, 2.05) is 18.2 Å². The van der Waals surface area contributed by atoms with E-state index in [0.717, 1.165) is 11.1 Å². The molecule has 0 bridgehead atoms. The molecule has 0 saturated carbocycles. The minimum absolute atomic E-state index is 0.311. The van der Waals surface area contributed by atoms with Crippen LogP contribution in [0.1, 0.15) is 31.8 Å². The molecule has 2 heterocycles. The van der Waals surface area contributed by atoms with Gasteiger partial charge in [0, 0.05) is 12.4 Å². The lowest BCUT2D eigenvalue weighted by atomic mass is 9.97. The Kier molecular flexibility index (Phi) is 2.41. The third-order valence-corrected chi connectivity index (χ3v) is 2.97. The molecule has 0 spiro atoms. The highest BCUT2D eigenvalue weighted by molar-refractivity contribution is 6.22. The Morgan fingerprint density at radius 1 is 1.06 bits per heavy atom. The van der Waals surface area contributed by atoms with Crippen molar-refractivity contribution in [1.29, 1.82) is 0 Å². The van der Waals surface area contributed by atoms with E-state index in [9.17, 15) is 9.59 Å². The Labute approximate surface area is 104 Å². The van der Waals surface area contributed by atoms with Gasteiger partial charge in [-0.1, -0.05) is 18.2 Å². The summed E-state index contributed by atoms with van der Waals surface area (Å²) in [5.41, 5.74) is 2.81. The van der Waals surface area contributed by atoms with Crippen LogP contribution in [0.4, 0.5) is 0 Å². The third kappa shape index (κ3) is 1.68. The van der Waals surface area contributed by atoms with Crippen molar-refractivity contribution in [2.24, 2.45) is 0 Å². The van der Waals surface area contributed by atoms with Gasteiger partial charge >= 0.3 is 0 Å². The van der Waals surface area contributed by atoms with E-state index >= 15 is 0 Å². The second kappa shape index (κ2) is 4.07. The second-order valence-corrected chi connectivity index (χ2v) is 4.16. The zero-order valence-corrected chi connectivity index (χ0v) is 9.51. The molecule has 4 nitrogen and oxygen atoms in total. The predicted molar refractivity (Wildman–Crippen MR) is 65.3 cm³/mol. The lowest BCUT2D eigenvalue weighted by molar-refractivity contribution is 0.0879. The lowest BCUT2D eigenvalue weighted by Crippen LogP contribution is -2.20. The predicted octanol–water partition coefficient (Wildman–Crippen LogP) is 1.56. The van der Waals surface area contributed by atoms with Crippen molar-refractivity contribution in [3.05, 3.63) is 65.0 Å². The molecule has 0 fully saturated rings. The SMILES string of the molecule is O=C1NC(=O)c2c(Cc3cccnc3)cccc21. The number of nitrogens with zero attached hydrogens (tertiary/aromatic N) is 1. The number of fused-ring (bicyclic) bond motifs is 1. The largest absolute Gasteiger partial charge is 0.288 e. The molecule has 2 aromatic rings. The van der Waals surface area contributed by atoms with Gasteiger partial charge < -0.3 is 0 Å². The van der Waals surface area contributed by atoms with Crippen molar-refractivity contribution in [2.75, 3.05) is 0 Å². The summed E-state index contributed by atoms with van der Waals surface area (Å²) >= 11 is 0. The van der Waals surface area contributed by atoms with Crippen LogP contribution >= 0.6 is 0 Å². The van der Waals surface area contributed by atoms with Crippen molar-refractivity contribution >= 4 is 11.8 Å². The quantitative estimate of drug-likeness (QED) is 0.808. The number of hydrogen-bond acceptors (Lipinski definition) is 3. The molecule has 1 aromatic carbocycles. The average molecular weight is 238 g/mol. The number of amides is 2. The summed E-state index contributed by atoms with van der Waals surface area (Å²) in [5.74, 6) is -0.627. The molecular weight excluding hydrogens is 228 g/mol. The number of aromatic nitrogens is 1. The highest BCUT2D eigenvalue weighted by Crippen LogP contribution is 2.22. The Hall–Kier alpha value is -2.49. The molecule has 0 saturated heterocycles. The fourth-order valence-electron chi connectivity index (χ4n) is 2.16. The molecule has 2 amide bonds. The smallest absolute Gasteiger partial charge is 0.259 e. The van der Waals surface area contributed by atoms with Gasteiger partial charge in [0.2, 0.25) is 0 Å². The Bertz CT molecular complexity index is 635. The van der Waals surface area contributed by atoms with Gasteiger partial charge in [0.25, 0.3) is 11.8 Å². The van der Waals surface area contributed by atoms with Gasteiger partial charge in [0.1, 0.15) is 0 Å². The van der Waals surface area contributed by atoms with E-state index in [2.05, 4.69) is 10.3 Å². The number of nitrogens with one attached hydrogen (secondary N) is 1. The fourth-order valence-corrected chi connectivity index (χ4v) is 2.16. The molecule has 0 radical (unpaired) electrons. The third-order valence-electron chi connectivity index (χ3n) is 2.97. The molecule has 1 aliphatic heterocycles. The normalized spacial score (nSPS) is 13.3. The molecule has 0 aliphatic carbocycles. The number of carbonyl (C=O) groups is 2. The number of imide groups is 1. The summed E-state index contributed by atoms with van der Waals surface area (Å²) in [6.07, 6.45) is 4.06.